The standard InChI is InChI=1S/C18H32O6/c1-4-14(3)6-17(19)24-13-18(5-2,11-20-7-15-9-22-15)12-21-8-16-10-23-16/h14-16H,4-13H2,1-3H3. The van der Waals surface area contributed by atoms with E-state index in [4.69, 9.17) is 23.7 Å². The van der Waals surface area contributed by atoms with Gasteiger partial charge in [0, 0.05) is 6.42 Å². The van der Waals surface area contributed by atoms with Crippen LogP contribution in [0.15, 0.2) is 0 Å². The zero-order valence-electron chi connectivity index (χ0n) is 15.3. The molecule has 0 aromatic carbocycles. The van der Waals surface area contributed by atoms with Crippen molar-refractivity contribution in [3.05, 3.63) is 0 Å². The third kappa shape index (κ3) is 7.47. The molecular formula is C18H32O6. The van der Waals surface area contributed by atoms with Crippen molar-refractivity contribution in [1.29, 1.82) is 0 Å². The summed E-state index contributed by atoms with van der Waals surface area (Å²) in [5, 5.41) is 0. The number of carbonyl (C=O) groups is 1. The molecule has 0 aromatic rings. The maximum Gasteiger partial charge on any atom is 0.306 e. The lowest BCUT2D eigenvalue weighted by Gasteiger charge is -2.31. The Morgan fingerprint density at radius 1 is 1.08 bits per heavy atom. The van der Waals surface area contributed by atoms with E-state index in [0.29, 0.717) is 45.4 Å². The van der Waals surface area contributed by atoms with Gasteiger partial charge in [0.05, 0.1) is 45.1 Å². The van der Waals surface area contributed by atoms with Gasteiger partial charge < -0.3 is 23.7 Å². The highest BCUT2D eigenvalue weighted by atomic mass is 16.6. The summed E-state index contributed by atoms with van der Waals surface area (Å²) in [6, 6.07) is 0. The molecule has 0 spiro atoms. The van der Waals surface area contributed by atoms with Crippen molar-refractivity contribution in [3.8, 4) is 0 Å². The fourth-order valence-corrected chi connectivity index (χ4v) is 2.29. The first-order valence-electron chi connectivity index (χ1n) is 9.11. The van der Waals surface area contributed by atoms with E-state index in [1.807, 2.05) is 0 Å². The maximum absolute atomic E-state index is 12.0. The summed E-state index contributed by atoms with van der Waals surface area (Å²) >= 11 is 0. The average molecular weight is 344 g/mol. The lowest BCUT2D eigenvalue weighted by molar-refractivity contribution is -0.153. The van der Waals surface area contributed by atoms with E-state index in [2.05, 4.69) is 20.8 Å². The van der Waals surface area contributed by atoms with Crippen LogP contribution in [-0.4, -0.2) is 64.4 Å². The third-order valence-electron chi connectivity index (χ3n) is 4.73. The first kappa shape index (κ1) is 19.6. The van der Waals surface area contributed by atoms with Gasteiger partial charge in [-0.05, 0) is 12.3 Å². The molecule has 140 valence electrons. The van der Waals surface area contributed by atoms with Gasteiger partial charge in [-0.2, -0.15) is 0 Å². The van der Waals surface area contributed by atoms with Crippen LogP contribution in [0.3, 0.4) is 0 Å². The summed E-state index contributed by atoms with van der Waals surface area (Å²) in [4.78, 5) is 12.0. The van der Waals surface area contributed by atoms with Gasteiger partial charge in [0.1, 0.15) is 18.8 Å². The molecule has 6 nitrogen and oxygen atoms in total. The molecule has 0 radical (unpaired) electrons. The molecule has 2 aliphatic heterocycles. The van der Waals surface area contributed by atoms with Crippen LogP contribution < -0.4 is 0 Å². The van der Waals surface area contributed by atoms with Crippen molar-refractivity contribution in [2.75, 3.05) is 46.2 Å². The molecule has 0 amide bonds. The highest BCUT2D eigenvalue weighted by molar-refractivity contribution is 5.69. The molecule has 3 atom stereocenters. The van der Waals surface area contributed by atoms with Gasteiger partial charge in [-0.25, -0.2) is 0 Å². The zero-order valence-corrected chi connectivity index (χ0v) is 15.3. The van der Waals surface area contributed by atoms with Crippen molar-refractivity contribution in [1.82, 2.24) is 0 Å². The number of hydrogen-bond donors (Lipinski definition) is 0. The summed E-state index contributed by atoms with van der Waals surface area (Å²) in [5.74, 6) is 0.207. The predicted molar refractivity (Wildman–Crippen MR) is 88.9 cm³/mol. The van der Waals surface area contributed by atoms with E-state index < -0.39 is 0 Å². The van der Waals surface area contributed by atoms with E-state index in [-0.39, 0.29) is 23.6 Å². The topological polar surface area (TPSA) is 69.8 Å². The number of rotatable bonds is 14. The number of esters is 1. The molecule has 2 rings (SSSR count). The first-order chi connectivity index (χ1) is 11.6. The monoisotopic (exact) mass is 344 g/mol. The highest BCUT2D eigenvalue weighted by Gasteiger charge is 2.34. The Morgan fingerprint density at radius 2 is 1.62 bits per heavy atom. The Morgan fingerprint density at radius 3 is 2.04 bits per heavy atom. The Labute approximate surface area is 145 Å². The van der Waals surface area contributed by atoms with Gasteiger partial charge >= 0.3 is 5.97 Å². The second-order valence-corrected chi connectivity index (χ2v) is 7.17. The van der Waals surface area contributed by atoms with Gasteiger partial charge in [-0.1, -0.05) is 27.2 Å². The Balaban J connectivity index is 1.78. The van der Waals surface area contributed by atoms with Gasteiger partial charge in [0.25, 0.3) is 0 Å². The molecule has 0 bridgehead atoms. The molecule has 2 saturated heterocycles. The highest BCUT2D eigenvalue weighted by Crippen LogP contribution is 2.26. The van der Waals surface area contributed by atoms with Crippen LogP contribution in [0.25, 0.3) is 0 Å². The minimum absolute atomic E-state index is 0.141. The average Bonchev–Trinajstić information content (AvgIpc) is 3.46. The van der Waals surface area contributed by atoms with Crippen molar-refractivity contribution in [2.45, 2.75) is 52.2 Å². The Kier molecular flexibility index (Phi) is 7.94. The van der Waals surface area contributed by atoms with Gasteiger partial charge in [-0.15, -0.1) is 0 Å². The second kappa shape index (κ2) is 9.70. The molecule has 24 heavy (non-hydrogen) atoms. The fourth-order valence-electron chi connectivity index (χ4n) is 2.29. The van der Waals surface area contributed by atoms with Gasteiger partial charge in [0.15, 0.2) is 0 Å². The van der Waals surface area contributed by atoms with Crippen molar-refractivity contribution < 1.29 is 28.5 Å². The number of ether oxygens (including phenoxy) is 5. The van der Waals surface area contributed by atoms with Crippen LogP contribution in [-0.2, 0) is 28.5 Å². The first-order valence-corrected chi connectivity index (χ1v) is 9.11. The van der Waals surface area contributed by atoms with E-state index in [1.54, 1.807) is 0 Å². The van der Waals surface area contributed by atoms with Crippen LogP contribution >= 0.6 is 0 Å². The van der Waals surface area contributed by atoms with Crippen molar-refractivity contribution in [3.63, 3.8) is 0 Å². The summed E-state index contributed by atoms with van der Waals surface area (Å²) in [6.07, 6.45) is 2.72. The summed E-state index contributed by atoms with van der Waals surface area (Å²) in [7, 11) is 0. The van der Waals surface area contributed by atoms with Gasteiger partial charge in [-0.3, -0.25) is 4.79 Å². The zero-order chi connectivity index (χ0) is 17.4. The fraction of sp³-hybridized carbons (Fsp3) is 0.944. The van der Waals surface area contributed by atoms with Crippen molar-refractivity contribution >= 4 is 5.97 Å². The summed E-state index contributed by atoms with van der Waals surface area (Å²) in [6.45, 7) is 10.3. The minimum Gasteiger partial charge on any atom is -0.465 e. The maximum atomic E-state index is 12.0. The van der Waals surface area contributed by atoms with Crippen LogP contribution in [0.2, 0.25) is 0 Å². The van der Waals surface area contributed by atoms with Crippen LogP contribution in [0.5, 0.6) is 0 Å². The smallest absolute Gasteiger partial charge is 0.306 e. The lowest BCUT2D eigenvalue weighted by atomic mass is 9.88. The summed E-state index contributed by atoms with van der Waals surface area (Å²) in [5.41, 5.74) is -0.311. The molecule has 2 aliphatic rings. The van der Waals surface area contributed by atoms with Gasteiger partial charge in [0.2, 0.25) is 0 Å². The van der Waals surface area contributed by atoms with Crippen LogP contribution in [0.1, 0.15) is 40.0 Å². The third-order valence-corrected chi connectivity index (χ3v) is 4.73. The normalized spacial score (nSPS) is 25.8. The molecule has 2 heterocycles. The number of carbonyl (C=O) groups excluding carboxylic acids is 1. The molecule has 3 unspecified atom stereocenters. The van der Waals surface area contributed by atoms with Crippen molar-refractivity contribution in [2.24, 2.45) is 11.3 Å². The molecule has 0 N–H and O–H groups in total. The van der Waals surface area contributed by atoms with E-state index >= 15 is 0 Å². The Hall–Kier alpha value is -0.690. The summed E-state index contributed by atoms with van der Waals surface area (Å²) < 4.78 is 27.5. The quantitative estimate of drug-likeness (QED) is 0.355. The van der Waals surface area contributed by atoms with E-state index in [9.17, 15) is 4.79 Å². The molecule has 0 aromatic heterocycles. The lowest BCUT2D eigenvalue weighted by Crippen LogP contribution is -2.38. The largest absolute Gasteiger partial charge is 0.465 e. The molecular weight excluding hydrogens is 312 g/mol. The van der Waals surface area contributed by atoms with Crippen LogP contribution in [0, 0.1) is 11.3 Å². The molecule has 0 aliphatic carbocycles. The Bertz CT molecular complexity index is 360. The number of hydrogen-bond acceptors (Lipinski definition) is 6. The van der Waals surface area contributed by atoms with E-state index in [1.165, 1.54) is 0 Å². The molecule has 2 fully saturated rings. The molecule has 6 heteroatoms. The second-order valence-electron chi connectivity index (χ2n) is 7.17. The van der Waals surface area contributed by atoms with E-state index in [0.717, 1.165) is 26.1 Å². The number of epoxide rings is 2. The minimum atomic E-state index is -0.311. The predicted octanol–water partition coefficient (Wildman–Crippen LogP) is 2.19. The molecule has 0 saturated carbocycles. The van der Waals surface area contributed by atoms with Crippen LogP contribution in [0.4, 0.5) is 0 Å². The SMILES string of the molecule is CCC(C)CC(=O)OCC(CC)(COCC1CO1)COCC1CO1.